The molecule has 0 aromatic heterocycles. The van der Waals surface area contributed by atoms with E-state index in [4.69, 9.17) is 5.11 Å². The van der Waals surface area contributed by atoms with E-state index in [-0.39, 0.29) is 17.7 Å². The van der Waals surface area contributed by atoms with Crippen molar-refractivity contribution in [2.24, 2.45) is 11.8 Å². The van der Waals surface area contributed by atoms with E-state index >= 15 is 0 Å². The van der Waals surface area contributed by atoms with Gasteiger partial charge in [-0.05, 0) is 46.1 Å². The third-order valence-corrected chi connectivity index (χ3v) is 4.61. The first-order valence-electron chi connectivity index (χ1n) is 7.74. The lowest BCUT2D eigenvalue weighted by atomic mass is 9.92. The number of hydrogen-bond donors (Lipinski definition) is 1. The number of carboxylic acid groups (broad SMARTS) is 1. The van der Waals surface area contributed by atoms with Crippen molar-refractivity contribution in [3.63, 3.8) is 0 Å². The van der Waals surface area contributed by atoms with Gasteiger partial charge in [-0.1, -0.05) is 0 Å². The van der Waals surface area contributed by atoms with E-state index in [1.807, 2.05) is 0 Å². The summed E-state index contributed by atoms with van der Waals surface area (Å²) in [5.74, 6) is -0.924. The molecule has 2 heterocycles. The molecule has 0 aliphatic carbocycles. The number of nitrogens with zero attached hydrogens (tertiary/aromatic N) is 2. The SMILES string of the molecule is CC(C)N1CCC[C@@H](C(=O)N2CCC[C@@H](C(=O)O)C2)C1. The molecule has 20 heavy (non-hydrogen) atoms. The standard InChI is InChI=1S/C15H26N2O3/c1-11(2)16-7-3-5-12(9-16)14(18)17-8-4-6-13(10-17)15(19)20/h11-13H,3-10H2,1-2H3,(H,19,20)/t12-,13-/m1/s1. The highest BCUT2D eigenvalue weighted by Gasteiger charge is 2.34. The molecule has 114 valence electrons. The van der Waals surface area contributed by atoms with Crippen molar-refractivity contribution in [1.29, 1.82) is 0 Å². The zero-order valence-corrected chi connectivity index (χ0v) is 12.5. The highest BCUT2D eigenvalue weighted by molar-refractivity contribution is 5.80. The maximum Gasteiger partial charge on any atom is 0.308 e. The van der Waals surface area contributed by atoms with Gasteiger partial charge in [0.05, 0.1) is 11.8 Å². The molecule has 0 aromatic rings. The summed E-state index contributed by atoms with van der Waals surface area (Å²) in [6.07, 6.45) is 3.51. The van der Waals surface area contributed by atoms with Crippen LogP contribution in [-0.4, -0.2) is 59.0 Å². The highest BCUT2D eigenvalue weighted by atomic mass is 16.4. The molecular formula is C15H26N2O3. The summed E-state index contributed by atoms with van der Waals surface area (Å²) in [6.45, 7) is 7.33. The molecule has 5 heteroatoms. The predicted molar refractivity (Wildman–Crippen MR) is 76.4 cm³/mol. The molecule has 2 rings (SSSR count). The number of rotatable bonds is 3. The summed E-state index contributed by atoms with van der Waals surface area (Å²) in [4.78, 5) is 27.8. The van der Waals surface area contributed by atoms with E-state index in [2.05, 4.69) is 18.7 Å². The number of aliphatic carboxylic acids is 1. The maximum atomic E-state index is 12.6. The number of piperidine rings is 2. The molecular weight excluding hydrogens is 256 g/mol. The van der Waals surface area contributed by atoms with Crippen LogP contribution in [0.4, 0.5) is 0 Å². The van der Waals surface area contributed by atoms with Gasteiger partial charge < -0.3 is 14.9 Å². The average molecular weight is 282 g/mol. The fraction of sp³-hybridized carbons (Fsp3) is 0.867. The van der Waals surface area contributed by atoms with E-state index in [0.717, 1.165) is 38.9 Å². The first kappa shape index (κ1) is 15.3. The Morgan fingerprint density at radius 2 is 1.70 bits per heavy atom. The van der Waals surface area contributed by atoms with Gasteiger partial charge in [0.25, 0.3) is 0 Å². The highest BCUT2D eigenvalue weighted by Crippen LogP contribution is 2.24. The minimum absolute atomic E-state index is 0.0543. The fourth-order valence-electron chi connectivity index (χ4n) is 3.31. The number of amides is 1. The van der Waals surface area contributed by atoms with Crippen LogP contribution in [-0.2, 0) is 9.59 Å². The fourth-order valence-corrected chi connectivity index (χ4v) is 3.31. The van der Waals surface area contributed by atoms with E-state index < -0.39 is 5.97 Å². The van der Waals surface area contributed by atoms with Crippen LogP contribution in [0.1, 0.15) is 39.5 Å². The molecule has 0 aromatic carbocycles. The zero-order valence-electron chi connectivity index (χ0n) is 12.5. The van der Waals surface area contributed by atoms with Gasteiger partial charge in [0.2, 0.25) is 5.91 Å². The lowest BCUT2D eigenvalue weighted by Gasteiger charge is -2.38. The number of hydrogen-bond acceptors (Lipinski definition) is 3. The zero-order chi connectivity index (χ0) is 14.7. The Bertz CT molecular complexity index is 370. The van der Waals surface area contributed by atoms with Crippen molar-refractivity contribution in [3.05, 3.63) is 0 Å². The number of carbonyl (C=O) groups excluding carboxylic acids is 1. The van der Waals surface area contributed by atoms with Crippen LogP contribution >= 0.6 is 0 Å². The Morgan fingerprint density at radius 1 is 1.05 bits per heavy atom. The van der Waals surface area contributed by atoms with Crippen molar-refractivity contribution < 1.29 is 14.7 Å². The molecule has 2 fully saturated rings. The normalized spacial score (nSPS) is 28.6. The Morgan fingerprint density at radius 3 is 2.35 bits per heavy atom. The van der Waals surface area contributed by atoms with Crippen molar-refractivity contribution in [1.82, 2.24) is 9.80 Å². The monoisotopic (exact) mass is 282 g/mol. The van der Waals surface area contributed by atoms with Gasteiger partial charge in [-0.15, -0.1) is 0 Å². The smallest absolute Gasteiger partial charge is 0.308 e. The van der Waals surface area contributed by atoms with E-state index in [0.29, 0.717) is 19.0 Å². The Balaban J connectivity index is 1.94. The van der Waals surface area contributed by atoms with Crippen LogP contribution in [0.25, 0.3) is 0 Å². The molecule has 0 unspecified atom stereocenters. The molecule has 0 saturated carbocycles. The number of carbonyl (C=O) groups is 2. The molecule has 2 saturated heterocycles. The van der Waals surface area contributed by atoms with Crippen molar-refractivity contribution in [2.45, 2.75) is 45.6 Å². The van der Waals surface area contributed by atoms with Gasteiger partial charge in [-0.25, -0.2) is 0 Å². The second kappa shape index (κ2) is 6.57. The second-order valence-corrected chi connectivity index (χ2v) is 6.39. The van der Waals surface area contributed by atoms with Gasteiger partial charge >= 0.3 is 5.97 Å². The summed E-state index contributed by atoms with van der Waals surface area (Å²) < 4.78 is 0. The molecule has 2 atom stereocenters. The number of likely N-dealkylation sites (tertiary alicyclic amines) is 2. The van der Waals surface area contributed by atoms with Crippen molar-refractivity contribution >= 4 is 11.9 Å². The van der Waals surface area contributed by atoms with Gasteiger partial charge in [0.1, 0.15) is 0 Å². The molecule has 2 aliphatic heterocycles. The molecule has 0 spiro atoms. The van der Waals surface area contributed by atoms with Crippen LogP contribution in [0.3, 0.4) is 0 Å². The Kier molecular flexibility index (Phi) is 5.02. The molecule has 1 N–H and O–H groups in total. The maximum absolute atomic E-state index is 12.6. The van der Waals surface area contributed by atoms with Gasteiger partial charge in [-0.3, -0.25) is 9.59 Å². The molecule has 0 bridgehead atoms. The molecule has 0 radical (unpaired) electrons. The van der Waals surface area contributed by atoms with E-state index in [1.54, 1.807) is 4.90 Å². The predicted octanol–water partition coefficient (Wildman–Crippen LogP) is 1.43. The topological polar surface area (TPSA) is 60.9 Å². The summed E-state index contributed by atoms with van der Waals surface area (Å²) in [6, 6.07) is 0.471. The first-order valence-corrected chi connectivity index (χ1v) is 7.74. The summed E-state index contributed by atoms with van der Waals surface area (Å²) in [5.41, 5.74) is 0. The summed E-state index contributed by atoms with van der Waals surface area (Å²) in [7, 11) is 0. The average Bonchev–Trinajstić information content (AvgIpc) is 2.46. The second-order valence-electron chi connectivity index (χ2n) is 6.39. The molecule has 5 nitrogen and oxygen atoms in total. The summed E-state index contributed by atoms with van der Waals surface area (Å²) >= 11 is 0. The number of carboxylic acids is 1. The van der Waals surface area contributed by atoms with Gasteiger partial charge in [0.15, 0.2) is 0 Å². The Labute approximate surface area is 120 Å². The van der Waals surface area contributed by atoms with Crippen LogP contribution in [0.2, 0.25) is 0 Å². The van der Waals surface area contributed by atoms with Gasteiger partial charge in [-0.2, -0.15) is 0 Å². The lowest BCUT2D eigenvalue weighted by Crippen LogP contribution is -2.50. The van der Waals surface area contributed by atoms with Crippen LogP contribution in [0, 0.1) is 11.8 Å². The third-order valence-electron chi connectivity index (χ3n) is 4.61. The van der Waals surface area contributed by atoms with Crippen molar-refractivity contribution in [2.75, 3.05) is 26.2 Å². The summed E-state index contributed by atoms with van der Waals surface area (Å²) in [5, 5.41) is 9.12. The first-order chi connectivity index (χ1) is 9.49. The third kappa shape index (κ3) is 3.51. The van der Waals surface area contributed by atoms with Crippen LogP contribution in [0.5, 0.6) is 0 Å². The van der Waals surface area contributed by atoms with E-state index in [1.165, 1.54) is 0 Å². The quantitative estimate of drug-likeness (QED) is 0.850. The van der Waals surface area contributed by atoms with Crippen LogP contribution < -0.4 is 0 Å². The largest absolute Gasteiger partial charge is 0.481 e. The minimum atomic E-state index is -0.769. The van der Waals surface area contributed by atoms with E-state index in [9.17, 15) is 9.59 Å². The van der Waals surface area contributed by atoms with Gasteiger partial charge in [0, 0.05) is 25.7 Å². The lowest BCUT2D eigenvalue weighted by molar-refractivity contribution is -0.147. The molecule has 1 amide bonds. The van der Waals surface area contributed by atoms with Crippen molar-refractivity contribution in [3.8, 4) is 0 Å². The van der Waals surface area contributed by atoms with Crippen LogP contribution in [0.15, 0.2) is 0 Å². The Hall–Kier alpha value is -1.10. The minimum Gasteiger partial charge on any atom is -0.481 e. The molecule has 2 aliphatic rings.